The number of para-hydroxylation sites is 1. The third-order valence-electron chi connectivity index (χ3n) is 6.81. The number of hydrogen-bond donors (Lipinski definition) is 1. The Hall–Kier alpha value is -4.16. The van der Waals surface area contributed by atoms with Crippen molar-refractivity contribution in [3.8, 4) is 5.75 Å². The van der Waals surface area contributed by atoms with Crippen LogP contribution in [0.1, 0.15) is 33.4 Å². The van der Waals surface area contributed by atoms with Crippen LogP contribution in [0.4, 0.5) is 0 Å². The number of hydrogen-bond acceptors (Lipinski definition) is 3. The molecule has 2 aromatic heterocycles. The second-order valence-corrected chi connectivity index (χ2v) is 9.02. The number of fused-ring (bicyclic) bond motifs is 3. The summed E-state index contributed by atoms with van der Waals surface area (Å²) in [7, 11) is 0. The van der Waals surface area contributed by atoms with Crippen LogP contribution in [-0.4, -0.2) is 15.5 Å². The van der Waals surface area contributed by atoms with E-state index in [2.05, 4.69) is 47.0 Å². The number of imidazole rings is 1. The molecule has 0 amide bonds. The lowest BCUT2D eigenvalue weighted by atomic mass is 9.96. The first-order valence-electron chi connectivity index (χ1n) is 11.9. The molecule has 1 atom stereocenters. The monoisotopic (exact) mass is 552 g/mol. The summed E-state index contributed by atoms with van der Waals surface area (Å²) in [6.45, 7) is 2.25. The first-order valence-corrected chi connectivity index (χ1v) is 11.9. The third-order valence-corrected chi connectivity index (χ3v) is 6.81. The lowest BCUT2D eigenvalue weighted by Crippen LogP contribution is -3.00. The van der Waals surface area contributed by atoms with Crippen molar-refractivity contribution in [2.24, 2.45) is 0 Å². The molecule has 0 saturated carbocycles. The van der Waals surface area contributed by atoms with Gasteiger partial charge in [0, 0.05) is 34.4 Å². The number of halogens is 1. The molecule has 1 unspecified atom stereocenters. The van der Waals surface area contributed by atoms with Crippen LogP contribution < -0.4 is 21.5 Å². The zero-order chi connectivity index (χ0) is 24.6. The van der Waals surface area contributed by atoms with Crippen LogP contribution in [-0.2, 0) is 6.54 Å². The number of furan rings is 1. The van der Waals surface area contributed by atoms with Crippen LogP contribution in [0.15, 0.2) is 114 Å². The second kappa shape index (κ2) is 10.1. The molecule has 0 radical (unpaired) electrons. The van der Waals surface area contributed by atoms with Crippen molar-refractivity contribution < 1.29 is 35.9 Å². The molecule has 0 aliphatic heterocycles. The van der Waals surface area contributed by atoms with Gasteiger partial charge >= 0.3 is 0 Å². The standard InChI is InChI=1S/C31H24N2O3.BrH/c1-21-32(20-28(35)22-11-14-25(34)15-12-22)17-18-33(21)31(23-7-3-2-4-8-23)24-13-16-30-27(19-24)26-9-5-6-10-29(26)36-30;/h2-19,31H,20H2,1H3;1H. The average molecular weight is 553 g/mol. The normalized spacial score (nSPS) is 11.9. The molecule has 0 saturated heterocycles. The van der Waals surface area contributed by atoms with E-state index in [0.717, 1.165) is 38.9 Å². The highest BCUT2D eigenvalue weighted by Crippen LogP contribution is 2.34. The first kappa shape index (κ1) is 24.5. The molecule has 6 aromatic rings. The molecule has 4 aromatic carbocycles. The first-order chi connectivity index (χ1) is 17.6. The summed E-state index contributed by atoms with van der Waals surface area (Å²) >= 11 is 0. The summed E-state index contributed by atoms with van der Waals surface area (Å²) in [5.41, 5.74) is 4.61. The minimum absolute atomic E-state index is 0. The van der Waals surface area contributed by atoms with Crippen molar-refractivity contribution in [1.29, 1.82) is 0 Å². The second-order valence-electron chi connectivity index (χ2n) is 9.02. The Morgan fingerprint density at radius 1 is 0.865 bits per heavy atom. The minimum Gasteiger partial charge on any atom is -1.00 e. The predicted molar refractivity (Wildman–Crippen MR) is 139 cm³/mol. The molecule has 2 heterocycles. The Balaban J connectivity index is 0.00000280. The molecule has 0 aliphatic carbocycles. The number of carbonyl (C=O) groups excluding carboxylic acids is 1. The fraction of sp³-hybridized carbons (Fsp3) is 0.0968. The van der Waals surface area contributed by atoms with Gasteiger partial charge in [0.25, 0.3) is 5.82 Å². The highest BCUT2D eigenvalue weighted by Gasteiger charge is 2.27. The maximum atomic E-state index is 12.9. The van der Waals surface area contributed by atoms with E-state index in [4.69, 9.17) is 4.42 Å². The van der Waals surface area contributed by atoms with E-state index in [1.54, 1.807) is 12.1 Å². The number of aromatic hydroxyl groups is 1. The SMILES string of the molecule is Cc1n(C(c2ccccc2)c2ccc3oc4ccccc4c3c2)cc[n+]1CC(=O)c1ccc(O)cc1.[Br-]. The Kier molecular flexibility index (Phi) is 6.68. The van der Waals surface area contributed by atoms with Crippen molar-refractivity contribution in [3.63, 3.8) is 0 Å². The summed E-state index contributed by atoms with van der Waals surface area (Å²) in [5.74, 6) is 1.10. The molecule has 184 valence electrons. The van der Waals surface area contributed by atoms with Gasteiger partial charge in [-0.2, -0.15) is 0 Å². The Bertz CT molecular complexity index is 1700. The van der Waals surface area contributed by atoms with Crippen LogP contribution in [0.2, 0.25) is 0 Å². The lowest BCUT2D eigenvalue weighted by molar-refractivity contribution is -0.688. The van der Waals surface area contributed by atoms with Crippen LogP contribution in [0.3, 0.4) is 0 Å². The van der Waals surface area contributed by atoms with Crippen LogP contribution in [0.25, 0.3) is 21.9 Å². The molecular formula is C31H25BrN2O3. The Morgan fingerprint density at radius 3 is 2.35 bits per heavy atom. The zero-order valence-electron chi connectivity index (χ0n) is 20.2. The van der Waals surface area contributed by atoms with E-state index in [9.17, 15) is 9.90 Å². The number of rotatable bonds is 6. The molecule has 0 bridgehead atoms. The summed E-state index contributed by atoms with van der Waals surface area (Å²) < 4.78 is 10.2. The third kappa shape index (κ3) is 4.56. The number of aromatic nitrogens is 2. The van der Waals surface area contributed by atoms with E-state index in [1.165, 1.54) is 12.1 Å². The van der Waals surface area contributed by atoms with E-state index >= 15 is 0 Å². The van der Waals surface area contributed by atoms with Crippen molar-refractivity contribution in [1.82, 2.24) is 4.57 Å². The smallest absolute Gasteiger partial charge is 0.254 e. The largest absolute Gasteiger partial charge is 1.00 e. The van der Waals surface area contributed by atoms with E-state index in [0.29, 0.717) is 5.56 Å². The molecule has 1 N–H and O–H groups in total. The summed E-state index contributed by atoms with van der Waals surface area (Å²) in [4.78, 5) is 12.9. The highest BCUT2D eigenvalue weighted by atomic mass is 79.9. The molecule has 0 spiro atoms. The van der Waals surface area contributed by atoms with E-state index in [1.807, 2.05) is 54.2 Å². The molecule has 0 aliphatic rings. The topological polar surface area (TPSA) is 59.2 Å². The summed E-state index contributed by atoms with van der Waals surface area (Å²) in [6, 6.07) is 31.2. The van der Waals surface area contributed by atoms with E-state index < -0.39 is 0 Å². The number of carbonyl (C=O) groups is 1. The predicted octanol–water partition coefficient (Wildman–Crippen LogP) is 3.21. The maximum Gasteiger partial charge on any atom is 0.254 e. The number of phenolic OH excluding ortho intramolecular Hbond substituents is 1. The van der Waals surface area contributed by atoms with Crippen molar-refractivity contribution in [2.75, 3.05) is 0 Å². The average Bonchev–Trinajstić information content (AvgIpc) is 3.45. The molecule has 6 rings (SSSR count). The fourth-order valence-corrected chi connectivity index (χ4v) is 4.91. The number of phenols is 1. The molecule has 0 fully saturated rings. The fourth-order valence-electron chi connectivity index (χ4n) is 4.91. The van der Waals surface area contributed by atoms with Gasteiger partial charge in [-0.15, -0.1) is 0 Å². The molecule has 6 heteroatoms. The van der Waals surface area contributed by atoms with Gasteiger partial charge in [0.2, 0.25) is 5.78 Å². The maximum absolute atomic E-state index is 12.9. The van der Waals surface area contributed by atoms with Crippen molar-refractivity contribution in [2.45, 2.75) is 19.5 Å². The van der Waals surface area contributed by atoms with Gasteiger partial charge in [0.05, 0.1) is 0 Å². The quantitative estimate of drug-likeness (QED) is 0.255. The van der Waals surface area contributed by atoms with Gasteiger partial charge in [-0.1, -0.05) is 54.6 Å². The van der Waals surface area contributed by atoms with Gasteiger partial charge in [-0.3, -0.25) is 4.79 Å². The van der Waals surface area contributed by atoms with Crippen molar-refractivity contribution >= 4 is 27.7 Å². The van der Waals surface area contributed by atoms with Crippen LogP contribution >= 0.6 is 0 Å². The van der Waals surface area contributed by atoms with Gasteiger partial charge in [0.15, 0.2) is 12.6 Å². The van der Waals surface area contributed by atoms with E-state index in [-0.39, 0.29) is 41.1 Å². The van der Waals surface area contributed by atoms with Gasteiger partial charge in [-0.25, -0.2) is 9.13 Å². The summed E-state index contributed by atoms with van der Waals surface area (Å²) in [5, 5.41) is 11.7. The van der Waals surface area contributed by atoms with Crippen LogP contribution in [0.5, 0.6) is 5.75 Å². The Morgan fingerprint density at radius 2 is 1.57 bits per heavy atom. The lowest BCUT2D eigenvalue weighted by Gasteiger charge is -2.17. The zero-order valence-corrected chi connectivity index (χ0v) is 21.8. The van der Waals surface area contributed by atoms with Crippen molar-refractivity contribution in [3.05, 3.63) is 132 Å². The summed E-state index contributed by atoms with van der Waals surface area (Å²) in [6.07, 6.45) is 3.99. The molecular weight excluding hydrogens is 528 g/mol. The van der Waals surface area contributed by atoms with Gasteiger partial charge in [-0.05, 0) is 42.5 Å². The number of benzene rings is 4. The molecule has 5 nitrogen and oxygen atoms in total. The number of ketones is 1. The highest BCUT2D eigenvalue weighted by molar-refractivity contribution is 6.05. The van der Waals surface area contributed by atoms with Gasteiger partial charge in [0.1, 0.15) is 29.3 Å². The molecule has 37 heavy (non-hydrogen) atoms. The number of Topliss-reactive ketones (excluding diaryl/α,β-unsaturated/α-hetero) is 1. The minimum atomic E-state index is -0.0747. The van der Waals surface area contributed by atoms with Gasteiger partial charge < -0.3 is 26.5 Å². The Labute approximate surface area is 225 Å². The van der Waals surface area contributed by atoms with Crippen LogP contribution in [0, 0.1) is 6.92 Å². The number of nitrogens with zero attached hydrogens (tertiary/aromatic N) is 2.